The normalized spacial score (nSPS) is 19.7. The van der Waals surface area contributed by atoms with Crippen molar-refractivity contribution in [2.75, 3.05) is 31.1 Å². The molecule has 2 fully saturated rings. The van der Waals surface area contributed by atoms with Crippen LogP contribution in [0.2, 0.25) is 0 Å². The van der Waals surface area contributed by atoms with Crippen LogP contribution in [0.5, 0.6) is 0 Å². The van der Waals surface area contributed by atoms with Gasteiger partial charge in [0.05, 0.1) is 11.3 Å². The molecule has 168 valence electrons. The first-order chi connectivity index (χ1) is 14.9. The van der Waals surface area contributed by atoms with Crippen LogP contribution >= 0.6 is 0 Å². The van der Waals surface area contributed by atoms with Crippen molar-refractivity contribution in [2.24, 2.45) is 0 Å². The lowest BCUT2D eigenvalue weighted by Crippen LogP contribution is -2.22. The standard InChI is InChI=1S/C11H11F2NO.C7H4F2O.C4H8FN/c12-9-4-5-14(6-9)11-8(7-15)2-1-3-10(11)13;8-6-3-1-2-5(4-10)7(6)9;5-4-1-2-6-3-4/h1-3,7,9H,4-6H2;1-4H;4,6H,1-3H2/t9-;;4-/m1.0/s1. The Labute approximate surface area is 177 Å². The van der Waals surface area contributed by atoms with E-state index < -0.39 is 29.8 Å². The fourth-order valence-electron chi connectivity index (χ4n) is 3.11. The predicted octanol–water partition coefficient (Wildman–Crippen LogP) is 4.28. The molecular formula is C22H23F5N2O2. The molecule has 0 aromatic heterocycles. The van der Waals surface area contributed by atoms with Crippen LogP contribution in [0.3, 0.4) is 0 Å². The van der Waals surface area contributed by atoms with E-state index in [1.165, 1.54) is 30.3 Å². The average Bonchev–Trinajstić information content (AvgIpc) is 3.41. The molecule has 0 unspecified atom stereocenters. The van der Waals surface area contributed by atoms with Gasteiger partial charge in [-0.2, -0.15) is 0 Å². The number of anilines is 1. The summed E-state index contributed by atoms with van der Waals surface area (Å²) in [6.45, 7) is 2.06. The molecule has 4 nitrogen and oxygen atoms in total. The maximum absolute atomic E-state index is 13.5. The smallest absolute Gasteiger partial charge is 0.169 e. The zero-order chi connectivity index (χ0) is 22.8. The SMILES string of the molecule is F[C@H]1CCNC1.O=Cc1cccc(F)c1F.O=Cc1cccc(F)c1N1CC[C@@H](F)C1. The van der Waals surface area contributed by atoms with Crippen molar-refractivity contribution in [3.63, 3.8) is 0 Å². The van der Waals surface area contributed by atoms with Crippen molar-refractivity contribution in [3.05, 3.63) is 65.0 Å². The van der Waals surface area contributed by atoms with Crippen LogP contribution < -0.4 is 10.2 Å². The maximum atomic E-state index is 13.5. The molecule has 0 bridgehead atoms. The molecule has 9 heteroatoms. The highest BCUT2D eigenvalue weighted by atomic mass is 19.2. The maximum Gasteiger partial charge on any atom is 0.169 e. The molecule has 2 heterocycles. The minimum Gasteiger partial charge on any atom is -0.366 e. The first-order valence-corrected chi connectivity index (χ1v) is 9.74. The summed E-state index contributed by atoms with van der Waals surface area (Å²) in [4.78, 5) is 22.3. The predicted molar refractivity (Wildman–Crippen MR) is 108 cm³/mol. The highest BCUT2D eigenvalue weighted by Crippen LogP contribution is 2.27. The van der Waals surface area contributed by atoms with Gasteiger partial charge in [-0.3, -0.25) is 9.59 Å². The molecule has 2 aromatic carbocycles. The van der Waals surface area contributed by atoms with Gasteiger partial charge >= 0.3 is 0 Å². The van der Waals surface area contributed by atoms with Crippen LogP contribution in [-0.2, 0) is 0 Å². The van der Waals surface area contributed by atoms with E-state index in [2.05, 4.69) is 5.32 Å². The third kappa shape index (κ3) is 7.13. The number of carbonyl (C=O) groups excluding carboxylic acids is 2. The number of hydrogen-bond acceptors (Lipinski definition) is 4. The van der Waals surface area contributed by atoms with Crippen molar-refractivity contribution < 1.29 is 31.5 Å². The van der Waals surface area contributed by atoms with Crippen LogP contribution in [0.25, 0.3) is 0 Å². The Morgan fingerprint density at radius 2 is 1.52 bits per heavy atom. The highest BCUT2D eigenvalue weighted by molar-refractivity contribution is 5.85. The molecule has 2 aliphatic heterocycles. The Morgan fingerprint density at radius 1 is 0.871 bits per heavy atom. The monoisotopic (exact) mass is 442 g/mol. The quantitative estimate of drug-likeness (QED) is 0.570. The summed E-state index contributed by atoms with van der Waals surface area (Å²) < 4.78 is 63.0. The molecule has 2 saturated heterocycles. The van der Waals surface area contributed by atoms with Gasteiger partial charge in [-0.25, -0.2) is 22.0 Å². The van der Waals surface area contributed by atoms with E-state index in [1.807, 2.05) is 0 Å². The minimum absolute atomic E-state index is 0.168. The number of alkyl halides is 2. The molecule has 0 spiro atoms. The second-order valence-corrected chi connectivity index (χ2v) is 6.98. The topological polar surface area (TPSA) is 49.4 Å². The van der Waals surface area contributed by atoms with E-state index >= 15 is 0 Å². The number of rotatable bonds is 3. The van der Waals surface area contributed by atoms with Crippen LogP contribution in [-0.4, -0.2) is 51.1 Å². The van der Waals surface area contributed by atoms with E-state index in [1.54, 1.807) is 4.90 Å². The summed E-state index contributed by atoms with van der Waals surface area (Å²) in [7, 11) is 0. The molecule has 1 N–H and O–H groups in total. The van der Waals surface area contributed by atoms with E-state index in [-0.39, 0.29) is 29.6 Å². The summed E-state index contributed by atoms with van der Waals surface area (Å²) in [6, 6.07) is 7.76. The van der Waals surface area contributed by atoms with Crippen LogP contribution in [0.1, 0.15) is 33.6 Å². The molecule has 2 aliphatic rings. The number of nitrogens with zero attached hydrogens (tertiary/aromatic N) is 1. The van der Waals surface area contributed by atoms with E-state index in [0.717, 1.165) is 12.6 Å². The number of nitrogens with one attached hydrogen (secondary N) is 1. The third-order valence-corrected chi connectivity index (χ3v) is 4.70. The first kappa shape index (κ1) is 24.5. The van der Waals surface area contributed by atoms with E-state index in [4.69, 9.17) is 0 Å². The molecule has 0 radical (unpaired) electrons. The van der Waals surface area contributed by atoms with Gasteiger partial charge in [0.1, 0.15) is 18.2 Å². The van der Waals surface area contributed by atoms with Crippen LogP contribution in [0.4, 0.5) is 27.6 Å². The summed E-state index contributed by atoms with van der Waals surface area (Å²) in [5.74, 6) is -2.55. The Kier molecular flexibility index (Phi) is 9.58. The first-order valence-electron chi connectivity index (χ1n) is 9.74. The van der Waals surface area contributed by atoms with Gasteiger partial charge in [0.25, 0.3) is 0 Å². The van der Waals surface area contributed by atoms with Gasteiger partial charge in [-0.05, 0) is 43.7 Å². The summed E-state index contributed by atoms with van der Waals surface area (Å²) in [5, 5.41) is 2.90. The van der Waals surface area contributed by atoms with Crippen molar-refractivity contribution in [1.82, 2.24) is 5.32 Å². The van der Waals surface area contributed by atoms with Crippen molar-refractivity contribution in [3.8, 4) is 0 Å². The molecule has 0 amide bonds. The number of para-hydroxylation sites is 1. The Balaban J connectivity index is 0.000000183. The second kappa shape index (κ2) is 12.1. The molecule has 2 atom stereocenters. The number of hydrogen-bond donors (Lipinski definition) is 1. The number of carbonyl (C=O) groups is 2. The summed E-state index contributed by atoms with van der Waals surface area (Å²) in [5.41, 5.74) is 0.261. The van der Waals surface area contributed by atoms with Crippen LogP contribution in [0, 0.1) is 17.5 Å². The summed E-state index contributed by atoms with van der Waals surface area (Å²) in [6.07, 6.45) is 0.490. The molecular weight excluding hydrogens is 419 g/mol. The summed E-state index contributed by atoms with van der Waals surface area (Å²) >= 11 is 0. The van der Waals surface area contributed by atoms with E-state index in [9.17, 15) is 31.5 Å². The lowest BCUT2D eigenvalue weighted by atomic mass is 10.1. The van der Waals surface area contributed by atoms with Gasteiger partial charge in [-0.15, -0.1) is 0 Å². The van der Waals surface area contributed by atoms with Gasteiger partial charge in [0.2, 0.25) is 0 Å². The van der Waals surface area contributed by atoms with E-state index in [0.29, 0.717) is 32.2 Å². The zero-order valence-electron chi connectivity index (χ0n) is 16.7. The third-order valence-electron chi connectivity index (χ3n) is 4.70. The molecule has 4 rings (SSSR count). The Hall–Kier alpha value is -2.81. The van der Waals surface area contributed by atoms with Crippen molar-refractivity contribution >= 4 is 18.3 Å². The van der Waals surface area contributed by atoms with Crippen molar-refractivity contribution in [2.45, 2.75) is 25.2 Å². The number of halogens is 5. The number of benzene rings is 2. The molecule has 31 heavy (non-hydrogen) atoms. The fraction of sp³-hybridized carbons (Fsp3) is 0.364. The van der Waals surface area contributed by atoms with Gasteiger partial charge in [0, 0.05) is 25.2 Å². The zero-order valence-corrected chi connectivity index (χ0v) is 16.7. The molecule has 2 aromatic rings. The van der Waals surface area contributed by atoms with Gasteiger partial charge in [0.15, 0.2) is 24.2 Å². The Bertz CT molecular complexity index is 875. The lowest BCUT2D eigenvalue weighted by molar-refractivity contribution is 0.111. The number of aldehydes is 2. The average molecular weight is 442 g/mol. The highest BCUT2D eigenvalue weighted by Gasteiger charge is 2.25. The Morgan fingerprint density at radius 3 is 1.97 bits per heavy atom. The molecule has 0 saturated carbocycles. The fourth-order valence-corrected chi connectivity index (χ4v) is 3.11. The minimum atomic E-state index is -1.09. The van der Waals surface area contributed by atoms with Gasteiger partial charge in [-0.1, -0.05) is 12.1 Å². The van der Waals surface area contributed by atoms with Crippen molar-refractivity contribution in [1.29, 1.82) is 0 Å². The largest absolute Gasteiger partial charge is 0.366 e. The second-order valence-electron chi connectivity index (χ2n) is 6.98. The van der Waals surface area contributed by atoms with Crippen LogP contribution in [0.15, 0.2) is 36.4 Å². The lowest BCUT2D eigenvalue weighted by Gasteiger charge is -2.19. The molecule has 0 aliphatic carbocycles. The van der Waals surface area contributed by atoms with Gasteiger partial charge < -0.3 is 10.2 Å².